The number of hydrogen-bond acceptors (Lipinski definition) is 3. The van der Waals surface area contributed by atoms with E-state index < -0.39 is 11.9 Å². The van der Waals surface area contributed by atoms with E-state index in [0.29, 0.717) is 13.0 Å². The van der Waals surface area contributed by atoms with Crippen molar-refractivity contribution in [3.05, 3.63) is 35.1 Å². The van der Waals surface area contributed by atoms with Gasteiger partial charge in [0.05, 0.1) is 18.2 Å². The second kappa shape index (κ2) is 4.19. The Kier molecular flexibility index (Phi) is 2.73. The zero-order chi connectivity index (χ0) is 11.5. The average Bonchev–Trinajstić information content (AvgIpc) is 2.29. The molecule has 0 bridgehead atoms. The van der Waals surface area contributed by atoms with Gasteiger partial charge in [-0.05, 0) is 17.7 Å². The van der Waals surface area contributed by atoms with Crippen molar-refractivity contribution in [1.29, 1.82) is 5.26 Å². The molecule has 2 rings (SSSR count). The van der Waals surface area contributed by atoms with E-state index in [9.17, 15) is 9.18 Å². The van der Waals surface area contributed by atoms with Gasteiger partial charge in [-0.1, -0.05) is 6.07 Å². The molecule has 1 fully saturated rings. The Morgan fingerprint density at radius 2 is 2.38 bits per heavy atom. The van der Waals surface area contributed by atoms with Crippen molar-refractivity contribution in [2.45, 2.75) is 12.5 Å². The smallest absolute Gasteiger partial charge is 0.407 e. The van der Waals surface area contributed by atoms with Gasteiger partial charge in [0.15, 0.2) is 0 Å². The minimum atomic E-state index is -0.551. The van der Waals surface area contributed by atoms with Gasteiger partial charge in [0.25, 0.3) is 0 Å². The number of ether oxygens (including phenoxy) is 1. The van der Waals surface area contributed by atoms with E-state index in [1.165, 1.54) is 12.1 Å². The highest BCUT2D eigenvalue weighted by Crippen LogP contribution is 2.22. The number of amides is 1. The molecule has 1 aromatic rings. The number of alkyl carbamates (subject to hydrolysis) is 1. The molecule has 1 heterocycles. The second-order valence-corrected chi connectivity index (χ2v) is 3.47. The summed E-state index contributed by atoms with van der Waals surface area (Å²) in [7, 11) is 0. The molecule has 1 aromatic carbocycles. The van der Waals surface area contributed by atoms with Gasteiger partial charge >= 0.3 is 6.09 Å². The summed E-state index contributed by atoms with van der Waals surface area (Å²) in [5.74, 6) is -0.551. The number of benzene rings is 1. The van der Waals surface area contributed by atoms with Crippen LogP contribution in [0.15, 0.2) is 18.2 Å². The minimum Gasteiger partial charge on any atom is -0.449 e. The van der Waals surface area contributed by atoms with Crippen LogP contribution in [0.5, 0.6) is 0 Å². The van der Waals surface area contributed by atoms with Gasteiger partial charge in [0.2, 0.25) is 0 Å². The molecular weight excluding hydrogens is 211 g/mol. The van der Waals surface area contributed by atoms with E-state index in [1.807, 2.05) is 0 Å². The maximum Gasteiger partial charge on any atom is 0.407 e. The Morgan fingerprint density at radius 3 is 3.06 bits per heavy atom. The molecule has 1 saturated heterocycles. The van der Waals surface area contributed by atoms with Gasteiger partial charge in [-0.15, -0.1) is 0 Å². The summed E-state index contributed by atoms with van der Waals surface area (Å²) in [6, 6.07) is 5.80. The summed E-state index contributed by atoms with van der Waals surface area (Å²) in [5.41, 5.74) is 0.702. The van der Waals surface area contributed by atoms with Crippen molar-refractivity contribution in [2.75, 3.05) is 6.61 Å². The van der Waals surface area contributed by atoms with Gasteiger partial charge in [-0.3, -0.25) is 0 Å². The first-order valence-corrected chi connectivity index (χ1v) is 4.83. The highest BCUT2D eigenvalue weighted by molar-refractivity contribution is 5.68. The Bertz CT molecular complexity index is 468. The molecule has 1 atom stereocenters. The molecule has 82 valence electrons. The predicted octanol–water partition coefficient (Wildman–Crippen LogP) is 1.87. The fraction of sp³-hybridized carbons (Fsp3) is 0.273. The maximum absolute atomic E-state index is 13.1. The summed E-state index contributed by atoms with van der Waals surface area (Å²) in [5, 5.41) is 11.3. The molecule has 4 nitrogen and oxygen atoms in total. The quantitative estimate of drug-likeness (QED) is 0.785. The van der Waals surface area contributed by atoms with Crippen molar-refractivity contribution in [3.63, 3.8) is 0 Å². The molecule has 0 unspecified atom stereocenters. The number of nitrogens with one attached hydrogen (secondary N) is 1. The first-order chi connectivity index (χ1) is 7.70. The predicted molar refractivity (Wildman–Crippen MR) is 53.0 cm³/mol. The van der Waals surface area contributed by atoms with Crippen molar-refractivity contribution in [3.8, 4) is 6.07 Å². The van der Waals surface area contributed by atoms with Crippen LogP contribution in [0.3, 0.4) is 0 Å². The Labute approximate surface area is 91.6 Å². The van der Waals surface area contributed by atoms with E-state index in [0.717, 1.165) is 5.56 Å². The third-order valence-corrected chi connectivity index (χ3v) is 2.45. The molecule has 0 radical (unpaired) electrons. The van der Waals surface area contributed by atoms with Crippen LogP contribution >= 0.6 is 0 Å². The fourth-order valence-corrected chi connectivity index (χ4v) is 1.62. The summed E-state index contributed by atoms with van der Waals surface area (Å²) in [6.07, 6.45) is 0.126. The molecule has 1 amide bonds. The van der Waals surface area contributed by atoms with E-state index in [2.05, 4.69) is 5.32 Å². The number of carbonyl (C=O) groups excluding carboxylic acids is 1. The summed E-state index contributed by atoms with van der Waals surface area (Å²) in [6.45, 7) is 0.329. The summed E-state index contributed by atoms with van der Waals surface area (Å²) >= 11 is 0. The lowest BCUT2D eigenvalue weighted by Crippen LogP contribution is -2.35. The first kappa shape index (κ1) is 10.4. The number of rotatable bonds is 1. The fourth-order valence-electron chi connectivity index (χ4n) is 1.62. The van der Waals surface area contributed by atoms with E-state index in [-0.39, 0.29) is 11.6 Å². The van der Waals surface area contributed by atoms with Gasteiger partial charge in [-0.2, -0.15) is 5.26 Å². The topological polar surface area (TPSA) is 62.1 Å². The zero-order valence-corrected chi connectivity index (χ0v) is 8.37. The molecular formula is C11H9FN2O2. The third-order valence-electron chi connectivity index (χ3n) is 2.45. The molecule has 5 heteroatoms. The van der Waals surface area contributed by atoms with Crippen LogP contribution in [0.1, 0.15) is 23.6 Å². The van der Waals surface area contributed by atoms with Crippen LogP contribution < -0.4 is 5.32 Å². The second-order valence-electron chi connectivity index (χ2n) is 3.47. The van der Waals surface area contributed by atoms with Gasteiger partial charge < -0.3 is 10.1 Å². The largest absolute Gasteiger partial charge is 0.449 e. The zero-order valence-electron chi connectivity index (χ0n) is 8.37. The summed E-state index contributed by atoms with van der Waals surface area (Å²) in [4.78, 5) is 11.0. The molecule has 1 aliphatic heterocycles. The maximum atomic E-state index is 13.1. The molecule has 1 N–H and O–H groups in total. The lowest BCUT2D eigenvalue weighted by atomic mass is 10.0. The van der Waals surface area contributed by atoms with Crippen molar-refractivity contribution >= 4 is 6.09 Å². The van der Waals surface area contributed by atoms with E-state index >= 15 is 0 Å². The van der Waals surface area contributed by atoms with Crippen LogP contribution in [0, 0.1) is 17.1 Å². The number of carbonyl (C=O) groups is 1. The Balaban J connectivity index is 2.27. The van der Waals surface area contributed by atoms with Crippen molar-refractivity contribution < 1.29 is 13.9 Å². The Morgan fingerprint density at radius 1 is 1.56 bits per heavy atom. The number of halogens is 1. The number of cyclic esters (lactones) is 1. The number of hydrogen-bond donors (Lipinski definition) is 1. The van der Waals surface area contributed by atoms with Crippen LogP contribution in [0.2, 0.25) is 0 Å². The molecule has 0 aromatic heterocycles. The molecule has 0 saturated carbocycles. The van der Waals surface area contributed by atoms with Gasteiger partial charge in [0, 0.05) is 6.42 Å². The van der Waals surface area contributed by atoms with E-state index in [1.54, 1.807) is 12.1 Å². The molecule has 16 heavy (non-hydrogen) atoms. The van der Waals surface area contributed by atoms with Gasteiger partial charge in [0.1, 0.15) is 11.9 Å². The van der Waals surface area contributed by atoms with Crippen LogP contribution in [0.4, 0.5) is 9.18 Å². The third kappa shape index (κ3) is 1.96. The SMILES string of the molecule is N#Cc1cc([C@H]2CCOC(=O)N2)ccc1F. The summed E-state index contributed by atoms with van der Waals surface area (Å²) < 4.78 is 17.8. The standard InChI is InChI=1S/C11H9FN2O2/c12-9-2-1-7(5-8(9)6-13)10-3-4-16-11(15)14-10/h1-2,5,10H,3-4H2,(H,14,15)/t10-/m1/s1. The minimum absolute atomic E-state index is 0.0155. The van der Waals surface area contributed by atoms with Crippen LogP contribution in [-0.4, -0.2) is 12.7 Å². The van der Waals surface area contributed by atoms with E-state index in [4.69, 9.17) is 10.00 Å². The highest BCUT2D eigenvalue weighted by atomic mass is 19.1. The molecule has 1 aliphatic rings. The normalized spacial score (nSPS) is 19.5. The molecule has 0 aliphatic carbocycles. The lowest BCUT2D eigenvalue weighted by Gasteiger charge is -2.23. The first-order valence-electron chi connectivity index (χ1n) is 4.83. The van der Waals surface area contributed by atoms with Crippen LogP contribution in [0.25, 0.3) is 0 Å². The van der Waals surface area contributed by atoms with Gasteiger partial charge in [-0.25, -0.2) is 9.18 Å². The number of nitriles is 1. The Hall–Kier alpha value is -2.09. The van der Waals surface area contributed by atoms with Crippen molar-refractivity contribution in [2.24, 2.45) is 0 Å². The van der Waals surface area contributed by atoms with Crippen LogP contribution in [-0.2, 0) is 4.74 Å². The molecule has 0 spiro atoms. The highest BCUT2D eigenvalue weighted by Gasteiger charge is 2.21. The average molecular weight is 220 g/mol. The number of nitrogens with zero attached hydrogens (tertiary/aromatic N) is 1. The lowest BCUT2D eigenvalue weighted by molar-refractivity contribution is 0.115. The monoisotopic (exact) mass is 220 g/mol. The van der Waals surface area contributed by atoms with Crippen molar-refractivity contribution in [1.82, 2.24) is 5.32 Å².